The van der Waals surface area contributed by atoms with E-state index in [1.807, 2.05) is 31.2 Å². The zero-order valence-corrected chi connectivity index (χ0v) is 18.2. The third-order valence-corrected chi connectivity index (χ3v) is 6.09. The first kappa shape index (κ1) is 20.3. The number of piperazine rings is 1. The van der Waals surface area contributed by atoms with Crippen LogP contribution in [-0.2, 0) is 6.42 Å². The van der Waals surface area contributed by atoms with Gasteiger partial charge in [0.1, 0.15) is 0 Å². The molecule has 1 aliphatic heterocycles. The number of fused-ring (bicyclic) bond motifs is 1. The first-order chi connectivity index (χ1) is 15.7. The van der Waals surface area contributed by atoms with Crippen LogP contribution in [0.2, 0.25) is 0 Å². The second-order valence-electron chi connectivity index (χ2n) is 8.31. The van der Waals surface area contributed by atoms with Gasteiger partial charge in [0.2, 0.25) is 11.9 Å². The zero-order chi connectivity index (χ0) is 21.9. The van der Waals surface area contributed by atoms with Gasteiger partial charge in [-0.15, -0.1) is 0 Å². The van der Waals surface area contributed by atoms with Crippen molar-refractivity contribution in [3.63, 3.8) is 0 Å². The Kier molecular flexibility index (Phi) is 5.62. The van der Waals surface area contributed by atoms with Crippen molar-refractivity contribution in [2.24, 2.45) is 5.92 Å². The monoisotopic (exact) mass is 426 g/mol. The van der Waals surface area contributed by atoms with Gasteiger partial charge >= 0.3 is 0 Å². The Balaban J connectivity index is 1.32. The van der Waals surface area contributed by atoms with E-state index in [1.165, 1.54) is 0 Å². The molecule has 1 unspecified atom stereocenters. The Hall–Kier alpha value is -3.61. The number of hydrogen-bond donors (Lipinski definition) is 0. The van der Waals surface area contributed by atoms with Crippen LogP contribution in [0.25, 0.3) is 6.08 Å². The number of Topliss-reactive ketones (excluding diaryl/α,β-unsaturated/α-hetero) is 1. The van der Waals surface area contributed by atoms with E-state index in [0.717, 1.165) is 67.0 Å². The SMILES string of the molecule is Cc1nc(N2CCN(c3ncccn3)CC2)nc2c1C(=O)CC(C=Cc1ccccc1)C2. The third kappa shape index (κ3) is 4.23. The van der Waals surface area contributed by atoms with Crippen LogP contribution in [0, 0.1) is 12.8 Å². The average molecular weight is 427 g/mol. The van der Waals surface area contributed by atoms with Crippen molar-refractivity contribution in [3.05, 3.63) is 77.4 Å². The minimum Gasteiger partial charge on any atom is -0.337 e. The summed E-state index contributed by atoms with van der Waals surface area (Å²) in [5.74, 6) is 1.78. The second-order valence-corrected chi connectivity index (χ2v) is 8.31. The molecular weight excluding hydrogens is 400 g/mol. The lowest BCUT2D eigenvalue weighted by Gasteiger charge is -2.35. The van der Waals surface area contributed by atoms with Crippen LogP contribution in [0.5, 0.6) is 0 Å². The number of aromatic nitrogens is 4. The number of nitrogens with zero attached hydrogens (tertiary/aromatic N) is 6. The number of anilines is 2. The summed E-state index contributed by atoms with van der Waals surface area (Å²) in [6.45, 7) is 5.13. The van der Waals surface area contributed by atoms with Gasteiger partial charge in [0.15, 0.2) is 5.78 Å². The van der Waals surface area contributed by atoms with Crippen molar-refractivity contribution < 1.29 is 4.79 Å². The highest BCUT2D eigenvalue weighted by molar-refractivity contribution is 5.99. The molecule has 0 spiro atoms. The molecule has 2 aromatic heterocycles. The van der Waals surface area contributed by atoms with Crippen LogP contribution >= 0.6 is 0 Å². The topological polar surface area (TPSA) is 75.1 Å². The lowest BCUT2D eigenvalue weighted by molar-refractivity contribution is 0.0956. The number of benzene rings is 1. The molecular formula is C25H26N6O. The molecule has 7 nitrogen and oxygen atoms in total. The van der Waals surface area contributed by atoms with Gasteiger partial charge in [0.25, 0.3) is 0 Å². The highest BCUT2D eigenvalue weighted by atomic mass is 16.1. The summed E-state index contributed by atoms with van der Waals surface area (Å²) >= 11 is 0. The Morgan fingerprint density at radius 1 is 0.875 bits per heavy atom. The van der Waals surface area contributed by atoms with Crippen molar-refractivity contribution >= 4 is 23.8 Å². The summed E-state index contributed by atoms with van der Waals surface area (Å²) in [6, 6.07) is 12.0. The minimum absolute atomic E-state index is 0.143. The first-order valence-electron chi connectivity index (χ1n) is 11.1. The molecule has 162 valence electrons. The average Bonchev–Trinajstić information content (AvgIpc) is 2.83. The van der Waals surface area contributed by atoms with Crippen molar-refractivity contribution in [2.75, 3.05) is 36.0 Å². The number of carbonyl (C=O) groups excluding carboxylic acids is 1. The Labute approximate surface area is 187 Å². The fourth-order valence-electron chi connectivity index (χ4n) is 4.44. The molecule has 0 N–H and O–H groups in total. The maximum atomic E-state index is 12.9. The summed E-state index contributed by atoms with van der Waals surface area (Å²) in [4.78, 5) is 35.5. The smallest absolute Gasteiger partial charge is 0.225 e. The highest BCUT2D eigenvalue weighted by Gasteiger charge is 2.29. The Morgan fingerprint density at radius 2 is 1.56 bits per heavy atom. The fourth-order valence-corrected chi connectivity index (χ4v) is 4.44. The highest BCUT2D eigenvalue weighted by Crippen LogP contribution is 2.29. The molecule has 1 saturated heterocycles. The van der Waals surface area contributed by atoms with Crippen LogP contribution in [-0.4, -0.2) is 51.9 Å². The number of allylic oxidation sites excluding steroid dienone is 1. The summed E-state index contributed by atoms with van der Waals surface area (Å²) in [5, 5.41) is 0. The fraction of sp³-hybridized carbons (Fsp3) is 0.320. The predicted molar refractivity (Wildman–Crippen MR) is 125 cm³/mol. The molecule has 0 saturated carbocycles. The van der Waals surface area contributed by atoms with Crippen molar-refractivity contribution in [3.8, 4) is 0 Å². The molecule has 0 amide bonds. The molecule has 1 fully saturated rings. The molecule has 3 aromatic rings. The lowest BCUT2D eigenvalue weighted by atomic mass is 9.85. The van der Waals surface area contributed by atoms with Crippen molar-refractivity contribution in [2.45, 2.75) is 19.8 Å². The largest absolute Gasteiger partial charge is 0.337 e. The normalized spacial score (nSPS) is 18.8. The molecule has 2 aliphatic rings. The van der Waals surface area contributed by atoms with E-state index in [9.17, 15) is 4.79 Å². The van der Waals surface area contributed by atoms with Crippen LogP contribution in [0.4, 0.5) is 11.9 Å². The molecule has 3 heterocycles. The standard InChI is InChI=1S/C25H26N6O/c1-18-23-21(16-20(17-22(23)32)9-8-19-6-3-2-4-7-19)29-25(28-18)31-14-12-30(13-15-31)24-26-10-5-11-27-24/h2-11,20H,12-17H2,1H3. The van der Waals surface area contributed by atoms with Gasteiger partial charge in [-0.1, -0.05) is 42.5 Å². The molecule has 0 radical (unpaired) electrons. The molecule has 0 bridgehead atoms. The molecule has 32 heavy (non-hydrogen) atoms. The van der Waals surface area contributed by atoms with Gasteiger partial charge in [-0.25, -0.2) is 19.9 Å². The number of hydrogen-bond acceptors (Lipinski definition) is 7. The van der Waals surface area contributed by atoms with Crippen molar-refractivity contribution in [1.82, 2.24) is 19.9 Å². The third-order valence-electron chi connectivity index (χ3n) is 6.09. The number of aryl methyl sites for hydroxylation is 1. The van der Waals surface area contributed by atoms with E-state index < -0.39 is 0 Å². The van der Waals surface area contributed by atoms with E-state index in [1.54, 1.807) is 12.4 Å². The number of rotatable bonds is 4. The molecule has 1 atom stereocenters. The number of ketones is 1. The van der Waals surface area contributed by atoms with Gasteiger partial charge in [-0.05, 0) is 30.9 Å². The zero-order valence-electron chi connectivity index (χ0n) is 18.2. The van der Waals surface area contributed by atoms with Crippen molar-refractivity contribution in [1.29, 1.82) is 0 Å². The summed E-state index contributed by atoms with van der Waals surface area (Å²) in [7, 11) is 0. The van der Waals surface area contributed by atoms with E-state index in [2.05, 4.69) is 44.1 Å². The Morgan fingerprint density at radius 3 is 2.28 bits per heavy atom. The molecule has 1 aromatic carbocycles. The summed E-state index contributed by atoms with van der Waals surface area (Å²) in [5.41, 5.74) is 3.52. The molecule has 1 aliphatic carbocycles. The van der Waals surface area contributed by atoms with Crippen LogP contribution in [0.15, 0.2) is 54.9 Å². The van der Waals surface area contributed by atoms with Gasteiger partial charge in [0.05, 0.1) is 17.0 Å². The summed E-state index contributed by atoms with van der Waals surface area (Å²) < 4.78 is 0. The first-order valence-corrected chi connectivity index (χ1v) is 11.1. The van der Waals surface area contributed by atoms with Crippen LogP contribution in [0.3, 0.4) is 0 Å². The maximum Gasteiger partial charge on any atom is 0.225 e. The van der Waals surface area contributed by atoms with E-state index in [0.29, 0.717) is 6.42 Å². The summed E-state index contributed by atoms with van der Waals surface area (Å²) in [6.07, 6.45) is 9.05. The molecule has 5 rings (SSSR count). The number of carbonyl (C=O) groups is 1. The maximum absolute atomic E-state index is 12.9. The van der Waals surface area contributed by atoms with Gasteiger partial charge < -0.3 is 9.80 Å². The van der Waals surface area contributed by atoms with Crippen LogP contribution in [0.1, 0.15) is 33.7 Å². The predicted octanol–water partition coefficient (Wildman–Crippen LogP) is 3.36. The Bertz CT molecular complexity index is 1120. The van der Waals surface area contributed by atoms with Gasteiger partial charge in [-0.3, -0.25) is 4.79 Å². The van der Waals surface area contributed by atoms with E-state index in [-0.39, 0.29) is 11.7 Å². The molecule has 7 heteroatoms. The van der Waals surface area contributed by atoms with Gasteiger partial charge in [-0.2, -0.15) is 0 Å². The quantitative estimate of drug-likeness (QED) is 0.633. The second kappa shape index (κ2) is 8.86. The van der Waals surface area contributed by atoms with Gasteiger partial charge in [0, 0.05) is 45.0 Å². The van der Waals surface area contributed by atoms with Crippen LogP contribution < -0.4 is 9.80 Å². The van der Waals surface area contributed by atoms with E-state index in [4.69, 9.17) is 9.97 Å². The lowest BCUT2D eigenvalue weighted by Crippen LogP contribution is -2.48. The van der Waals surface area contributed by atoms with E-state index >= 15 is 0 Å². The minimum atomic E-state index is 0.143.